The molecule has 5 nitrogen and oxygen atoms in total. The maximum absolute atomic E-state index is 12.5. The van der Waals surface area contributed by atoms with E-state index in [0.717, 1.165) is 13.0 Å². The first-order valence-electron chi connectivity index (χ1n) is 6.59. The number of hydrogen-bond acceptors (Lipinski definition) is 4. The topological polar surface area (TPSA) is 64.8 Å². The van der Waals surface area contributed by atoms with Crippen molar-refractivity contribution in [3.63, 3.8) is 0 Å². The second kappa shape index (κ2) is 5.89. The number of hydrogen-bond donors (Lipinski definition) is 1. The Kier molecular flexibility index (Phi) is 4.40. The molecular formula is C14H19ClN2O3. The Hall–Kier alpha value is -1.46. The zero-order valence-corrected chi connectivity index (χ0v) is 12.2. The van der Waals surface area contributed by atoms with E-state index in [0.29, 0.717) is 29.5 Å². The predicted octanol–water partition coefficient (Wildman–Crippen LogP) is 1.65. The van der Waals surface area contributed by atoms with E-state index in [1.165, 1.54) is 0 Å². The molecule has 2 N–H and O–H groups in total. The van der Waals surface area contributed by atoms with Gasteiger partial charge in [0.05, 0.1) is 0 Å². The standard InChI is InChI=1S/C14H18N2O3.ClH/c1-9-4-10(6-15)7-16(9)14(17)11-2-3-12-13(5-11)19-8-18-12;/h2-3,5,9-10H,4,6-8,15H2,1H3;1H. The molecule has 2 heterocycles. The quantitative estimate of drug-likeness (QED) is 0.901. The lowest BCUT2D eigenvalue weighted by molar-refractivity contribution is 0.0743. The third-order valence-electron chi connectivity index (χ3n) is 3.88. The molecule has 0 aromatic heterocycles. The zero-order valence-electron chi connectivity index (χ0n) is 11.4. The van der Waals surface area contributed by atoms with E-state index in [-0.39, 0.29) is 31.1 Å². The summed E-state index contributed by atoms with van der Waals surface area (Å²) < 4.78 is 10.6. The van der Waals surface area contributed by atoms with Gasteiger partial charge in [-0.25, -0.2) is 0 Å². The van der Waals surface area contributed by atoms with Gasteiger partial charge in [0.2, 0.25) is 6.79 Å². The van der Waals surface area contributed by atoms with Crippen LogP contribution in [0.2, 0.25) is 0 Å². The van der Waals surface area contributed by atoms with Crippen LogP contribution < -0.4 is 15.2 Å². The van der Waals surface area contributed by atoms with E-state index in [2.05, 4.69) is 6.92 Å². The van der Waals surface area contributed by atoms with Gasteiger partial charge in [-0.1, -0.05) is 0 Å². The lowest BCUT2D eigenvalue weighted by atomic mass is 10.1. The van der Waals surface area contributed by atoms with Crippen LogP contribution in [0.3, 0.4) is 0 Å². The third kappa shape index (κ3) is 2.55. The van der Waals surface area contributed by atoms with Crippen LogP contribution in [-0.4, -0.2) is 36.7 Å². The molecule has 3 rings (SSSR count). The monoisotopic (exact) mass is 298 g/mol. The SMILES string of the molecule is CC1CC(CN)CN1C(=O)c1ccc2c(c1)OCO2.Cl. The first kappa shape index (κ1) is 14.9. The molecule has 2 atom stereocenters. The number of benzene rings is 1. The molecule has 2 aliphatic rings. The van der Waals surface area contributed by atoms with Crippen LogP contribution >= 0.6 is 12.4 Å². The number of nitrogens with two attached hydrogens (primary N) is 1. The highest BCUT2D eigenvalue weighted by Crippen LogP contribution is 2.33. The van der Waals surface area contributed by atoms with Gasteiger partial charge in [-0.15, -0.1) is 12.4 Å². The summed E-state index contributed by atoms with van der Waals surface area (Å²) in [6.07, 6.45) is 0.979. The van der Waals surface area contributed by atoms with Crippen molar-refractivity contribution >= 4 is 18.3 Å². The number of nitrogens with zero attached hydrogens (tertiary/aromatic N) is 1. The maximum atomic E-state index is 12.5. The van der Waals surface area contributed by atoms with Gasteiger partial charge < -0.3 is 20.1 Å². The van der Waals surface area contributed by atoms with Gasteiger partial charge in [0.15, 0.2) is 11.5 Å². The molecule has 0 aliphatic carbocycles. The summed E-state index contributed by atoms with van der Waals surface area (Å²) in [4.78, 5) is 14.4. The Labute approximate surface area is 124 Å². The van der Waals surface area contributed by atoms with Crippen LogP contribution in [0.15, 0.2) is 18.2 Å². The van der Waals surface area contributed by atoms with Crippen LogP contribution in [0.25, 0.3) is 0 Å². The normalized spacial score (nSPS) is 23.6. The Morgan fingerprint density at radius 2 is 2.15 bits per heavy atom. The molecule has 1 aromatic rings. The Bertz CT molecular complexity index is 509. The summed E-state index contributed by atoms with van der Waals surface area (Å²) >= 11 is 0. The lowest BCUT2D eigenvalue weighted by Gasteiger charge is -2.21. The summed E-state index contributed by atoms with van der Waals surface area (Å²) in [6, 6.07) is 5.58. The summed E-state index contributed by atoms with van der Waals surface area (Å²) in [5.74, 6) is 1.80. The number of carbonyl (C=O) groups excluding carboxylic acids is 1. The summed E-state index contributed by atoms with van der Waals surface area (Å²) in [5, 5.41) is 0. The van der Waals surface area contributed by atoms with Crippen LogP contribution in [0.5, 0.6) is 11.5 Å². The molecule has 20 heavy (non-hydrogen) atoms. The highest BCUT2D eigenvalue weighted by molar-refractivity contribution is 5.95. The largest absolute Gasteiger partial charge is 0.454 e. The van der Waals surface area contributed by atoms with Gasteiger partial charge >= 0.3 is 0 Å². The average Bonchev–Trinajstić information content (AvgIpc) is 3.02. The predicted molar refractivity (Wildman–Crippen MR) is 77.5 cm³/mol. The Morgan fingerprint density at radius 1 is 1.40 bits per heavy atom. The minimum Gasteiger partial charge on any atom is -0.454 e. The van der Waals surface area contributed by atoms with Crippen LogP contribution in [-0.2, 0) is 0 Å². The Morgan fingerprint density at radius 3 is 2.85 bits per heavy atom. The van der Waals surface area contributed by atoms with Gasteiger partial charge in [-0.05, 0) is 44.0 Å². The van der Waals surface area contributed by atoms with Gasteiger partial charge in [-0.3, -0.25) is 4.79 Å². The molecule has 1 amide bonds. The third-order valence-corrected chi connectivity index (χ3v) is 3.88. The average molecular weight is 299 g/mol. The van der Waals surface area contributed by atoms with Crippen molar-refractivity contribution in [3.8, 4) is 11.5 Å². The molecule has 0 spiro atoms. The molecule has 0 saturated carbocycles. The zero-order chi connectivity index (χ0) is 13.4. The van der Waals surface area contributed by atoms with Crippen molar-refractivity contribution in [1.29, 1.82) is 0 Å². The van der Waals surface area contributed by atoms with Crippen LogP contribution in [0.4, 0.5) is 0 Å². The number of carbonyl (C=O) groups is 1. The van der Waals surface area contributed by atoms with Crippen molar-refractivity contribution in [2.45, 2.75) is 19.4 Å². The molecule has 6 heteroatoms. The lowest BCUT2D eigenvalue weighted by Crippen LogP contribution is -2.34. The fraction of sp³-hybridized carbons (Fsp3) is 0.500. The molecule has 110 valence electrons. The molecule has 2 aliphatic heterocycles. The second-order valence-corrected chi connectivity index (χ2v) is 5.21. The number of amides is 1. The van der Waals surface area contributed by atoms with Crippen LogP contribution in [0, 0.1) is 5.92 Å². The molecule has 0 radical (unpaired) electrons. The number of ether oxygens (including phenoxy) is 2. The summed E-state index contributed by atoms with van der Waals surface area (Å²) in [5.41, 5.74) is 6.34. The number of rotatable bonds is 2. The van der Waals surface area contributed by atoms with Crippen LogP contribution in [0.1, 0.15) is 23.7 Å². The molecular weight excluding hydrogens is 280 g/mol. The van der Waals surface area contributed by atoms with E-state index < -0.39 is 0 Å². The molecule has 2 unspecified atom stereocenters. The maximum Gasteiger partial charge on any atom is 0.254 e. The number of likely N-dealkylation sites (tertiary alicyclic amines) is 1. The first-order chi connectivity index (χ1) is 9.19. The molecule has 1 fully saturated rings. The van der Waals surface area contributed by atoms with Gasteiger partial charge in [0.1, 0.15) is 0 Å². The van der Waals surface area contributed by atoms with Crippen molar-refractivity contribution < 1.29 is 14.3 Å². The summed E-state index contributed by atoms with van der Waals surface area (Å²) in [6.45, 7) is 3.67. The van der Waals surface area contributed by atoms with E-state index in [1.807, 2.05) is 4.90 Å². The number of fused-ring (bicyclic) bond motifs is 1. The second-order valence-electron chi connectivity index (χ2n) is 5.21. The smallest absolute Gasteiger partial charge is 0.254 e. The first-order valence-corrected chi connectivity index (χ1v) is 6.59. The Balaban J connectivity index is 0.00000147. The van der Waals surface area contributed by atoms with Crippen molar-refractivity contribution in [2.75, 3.05) is 19.9 Å². The minimum absolute atomic E-state index is 0. The van der Waals surface area contributed by atoms with E-state index in [9.17, 15) is 4.79 Å². The fourth-order valence-corrected chi connectivity index (χ4v) is 2.79. The van der Waals surface area contributed by atoms with E-state index in [4.69, 9.17) is 15.2 Å². The molecule has 1 saturated heterocycles. The van der Waals surface area contributed by atoms with Gasteiger partial charge in [0.25, 0.3) is 5.91 Å². The van der Waals surface area contributed by atoms with Gasteiger partial charge in [0, 0.05) is 18.2 Å². The van der Waals surface area contributed by atoms with Crippen molar-refractivity contribution in [3.05, 3.63) is 23.8 Å². The number of halogens is 1. The highest BCUT2D eigenvalue weighted by atomic mass is 35.5. The highest BCUT2D eigenvalue weighted by Gasteiger charge is 2.32. The molecule has 0 bridgehead atoms. The van der Waals surface area contributed by atoms with E-state index in [1.54, 1.807) is 18.2 Å². The molecule has 1 aromatic carbocycles. The van der Waals surface area contributed by atoms with E-state index >= 15 is 0 Å². The fourth-order valence-electron chi connectivity index (χ4n) is 2.79. The minimum atomic E-state index is 0. The summed E-state index contributed by atoms with van der Waals surface area (Å²) in [7, 11) is 0. The van der Waals surface area contributed by atoms with Crippen molar-refractivity contribution in [1.82, 2.24) is 4.90 Å². The van der Waals surface area contributed by atoms with Gasteiger partial charge in [-0.2, -0.15) is 0 Å². The van der Waals surface area contributed by atoms with Crippen molar-refractivity contribution in [2.24, 2.45) is 11.7 Å².